The second kappa shape index (κ2) is 4.45. The zero-order chi connectivity index (χ0) is 14.4. The van der Waals surface area contributed by atoms with Crippen molar-refractivity contribution in [3.05, 3.63) is 42.1 Å². The van der Waals surface area contributed by atoms with Crippen LogP contribution in [0.2, 0.25) is 0 Å². The first-order valence-corrected chi connectivity index (χ1v) is 7.61. The van der Waals surface area contributed by atoms with Gasteiger partial charge in [0.15, 0.2) is 0 Å². The number of likely N-dealkylation sites (tertiary alicyclic amines) is 1. The fraction of sp³-hybridized carbons (Fsp3) is 0.412. The van der Waals surface area contributed by atoms with Crippen molar-refractivity contribution in [1.29, 1.82) is 0 Å². The normalized spacial score (nSPS) is 19.2. The van der Waals surface area contributed by atoms with Gasteiger partial charge < -0.3 is 4.90 Å². The first-order chi connectivity index (χ1) is 10.2. The summed E-state index contributed by atoms with van der Waals surface area (Å²) in [5, 5.41) is 4.50. The van der Waals surface area contributed by atoms with E-state index >= 15 is 0 Å². The summed E-state index contributed by atoms with van der Waals surface area (Å²) >= 11 is 0. The second-order valence-electron chi connectivity index (χ2n) is 6.19. The summed E-state index contributed by atoms with van der Waals surface area (Å²) in [5.74, 6) is 0.137. The molecule has 1 spiro atoms. The minimum Gasteiger partial charge on any atom is -0.331 e. The molecule has 2 heterocycles. The highest BCUT2D eigenvalue weighted by Gasteiger charge is 2.51. The van der Waals surface area contributed by atoms with Crippen LogP contribution in [-0.4, -0.2) is 32.7 Å². The van der Waals surface area contributed by atoms with Crippen LogP contribution in [0, 0.1) is 0 Å². The number of carbonyl (C=O) groups excluding carboxylic acids is 1. The van der Waals surface area contributed by atoms with Crippen molar-refractivity contribution in [2.45, 2.75) is 31.2 Å². The number of nitrogens with zero attached hydrogens (tertiary/aromatic N) is 3. The lowest BCUT2D eigenvalue weighted by molar-refractivity contribution is -0.0493. The van der Waals surface area contributed by atoms with Crippen LogP contribution >= 0.6 is 0 Å². The van der Waals surface area contributed by atoms with Crippen LogP contribution < -0.4 is 0 Å². The van der Waals surface area contributed by atoms with Crippen molar-refractivity contribution < 1.29 is 4.79 Å². The van der Waals surface area contributed by atoms with Crippen molar-refractivity contribution in [2.24, 2.45) is 7.05 Å². The average Bonchev–Trinajstić information content (AvgIpc) is 2.79. The summed E-state index contributed by atoms with van der Waals surface area (Å²) in [7, 11) is 1.85. The Kier molecular flexibility index (Phi) is 2.67. The molecule has 21 heavy (non-hydrogen) atoms. The molecule has 108 valence electrons. The van der Waals surface area contributed by atoms with Crippen molar-refractivity contribution >= 4 is 5.91 Å². The Labute approximate surface area is 124 Å². The van der Waals surface area contributed by atoms with E-state index in [1.54, 1.807) is 4.68 Å². The third-order valence-corrected chi connectivity index (χ3v) is 5.07. The molecule has 0 unspecified atom stereocenters. The molecule has 1 aromatic carbocycles. The number of aryl methyl sites for hydroxylation is 1. The average molecular weight is 281 g/mol. The Hall–Kier alpha value is -2.10. The fourth-order valence-electron chi connectivity index (χ4n) is 3.52. The third-order valence-electron chi connectivity index (χ3n) is 5.07. The summed E-state index contributed by atoms with van der Waals surface area (Å²) in [6.45, 7) is 0.894. The Morgan fingerprint density at radius 1 is 1.19 bits per heavy atom. The molecule has 0 radical (unpaired) electrons. The molecule has 4 heteroatoms. The number of hydrogen-bond donors (Lipinski definition) is 0. The van der Waals surface area contributed by atoms with Crippen LogP contribution in [0.25, 0.3) is 11.3 Å². The Bertz CT molecular complexity index is 680. The van der Waals surface area contributed by atoms with Gasteiger partial charge in [-0.15, -0.1) is 0 Å². The predicted octanol–water partition coefficient (Wildman–Crippen LogP) is 2.86. The zero-order valence-corrected chi connectivity index (χ0v) is 12.2. The largest absolute Gasteiger partial charge is 0.331 e. The van der Waals surface area contributed by atoms with Gasteiger partial charge in [0.1, 0.15) is 5.69 Å². The van der Waals surface area contributed by atoms with E-state index in [0.717, 1.165) is 17.8 Å². The van der Waals surface area contributed by atoms with Crippen LogP contribution in [0.15, 0.2) is 36.4 Å². The van der Waals surface area contributed by atoms with E-state index in [-0.39, 0.29) is 11.4 Å². The fourth-order valence-corrected chi connectivity index (χ4v) is 3.52. The molecule has 1 aliphatic heterocycles. The Morgan fingerprint density at radius 3 is 2.52 bits per heavy atom. The van der Waals surface area contributed by atoms with Gasteiger partial charge in [0, 0.05) is 24.7 Å². The van der Waals surface area contributed by atoms with E-state index in [0.29, 0.717) is 5.69 Å². The van der Waals surface area contributed by atoms with Crippen molar-refractivity contribution in [3.8, 4) is 11.3 Å². The van der Waals surface area contributed by atoms with Gasteiger partial charge in [-0.25, -0.2) is 0 Å². The van der Waals surface area contributed by atoms with Crippen molar-refractivity contribution in [3.63, 3.8) is 0 Å². The number of benzene rings is 1. The maximum absolute atomic E-state index is 12.8. The van der Waals surface area contributed by atoms with Gasteiger partial charge in [-0.2, -0.15) is 5.10 Å². The van der Waals surface area contributed by atoms with E-state index in [1.165, 1.54) is 25.7 Å². The first-order valence-electron chi connectivity index (χ1n) is 7.61. The lowest BCUT2D eigenvalue weighted by Crippen LogP contribution is -2.65. The van der Waals surface area contributed by atoms with Crippen molar-refractivity contribution in [1.82, 2.24) is 14.7 Å². The first kappa shape index (κ1) is 12.6. The molecule has 1 saturated heterocycles. The Balaban J connectivity index is 1.64. The molecule has 1 aromatic heterocycles. The van der Waals surface area contributed by atoms with Crippen LogP contribution in [0.3, 0.4) is 0 Å². The molecule has 1 saturated carbocycles. The topological polar surface area (TPSA) is 38.1 Å². The highest BCUT2D eigenvalue weighted by Crippen LogP contribution is 2.47. The molecule has 1 aliphatic carbocycles. The molecule has 4 nitrogen and oxygen atoms in total. The van der Waals surface area contributed by atoms with Gasteiger partial charge in [-0.05, 0) is 31.7 Å². The highest BCUT2D eigenvalue weighted by molar-refractivity contribution is 5.95. The molecule has 2 aromatic rings. The summed E-state index contributed by atoms with van der Waals surface area (Å²) in [4.78, 5) is 14.8. The minimum absolute atomic E-state index is 0.137. The van der Waals surface area contributed by atoms with E-state index in [1.807, 2.05) is 43.4 Å². The highest BCUT2D eigenvalue weighted by atomic mass is 16.2. The quantitative estimate of drug-likeness (QED) is 0.849. The molecule has 0 bridgehead atoms. The van der Waals surface area contributed by atoms with E-state index < -0.39 is 0 Å². The third kappa shape index (κ3) is 1.82. The lowest BCUT2D eigenvalue weighted by atomic mass is 9.67. The SMILES string of the molecule is Cn1nc(-c2ccccc2)cc1C(=O)N1CCC12CCC2. The molecule has 0 atom stereocenters. The summed E-state index contributed by atoms with van der Waals surface area (Å²) in [6, 6.07) is 11.9. The summed E-state index contributed by atoms with van der Waals surface area (Å²) in [6.07, 6.45) is 4.76. The molecule has 2 fully saturated rings. The van der Waals surface area contributed by atoms with Gasteiger partial charge in [0.25, 0.3) is 5.91 Å². The smallest absolute Gasteiger partial charge is 0.272 e. The Morgan fingerprint density at radius 2 is 1.95 bits per heavy atom. The van der Waals surface area contributed by atoms with Gasteiger partial charge in [-0.1, -0.05) is 30.3 Å². The van der Waals surface area contributed by atoms with Crippen LogP contribution in [0.1, 0.15) is 36.2 Å². The monoisotopic (exact) mass is 281 g/mol. The number of amides is 1. The van der Waals surface area contributed by atoms with Gasteiger partial charge in [-0.3, -0.25) is 9.48 Å². The molecule has 0 N–H and O–H groups in total. The molecular weight excluding hydrogens is 262 g/mol. The number of hydrogen-bond acceptors (Lipinski definition) is 2. The lowest BCUT2D eigenvalue weighted by Gasteiger charge is -2.58. The summed E-state index contributed by atoms with van der Waals surface area (Å²) in [5.41, 5.74) is 2.80. The van der Waals surface area contributed by atoms with Crippen LogP contribution in [0.4, 0.5) is 0 Å². The number of aromatic nitrogens is 2. The van der Waals surface area contributed by atoms with Gasteiger partial charge >= 0.3 is 0 Å². The van der Waals surface area contributed by atoms with Crippen LogP contribution in [0.5, 0.6) is 0 Å². The molecule has 1 amide bonds. The maximum atomic E-state index is 12.8. The summed E-state index contributed by atoms with van der Waals surface area (Å²) < 4.78 is 1.72. The predicted molar refractivity (Wildman–Crippen MR) is 80.9 cm³/mol. The number of rotatable bonds is 2. The minimum atomic E-state index is 0.137. The van der Waals surface area contributed by atoms with Gasteiger partial charge in [0.05, 0.1) is 5.69 Å². The van der Waals surface area contributed by atoms with E-state index in [9.17, 15) is 4.79 Å². The zero-order valence-electron chi connectivity index (χ0n) is 12.2. The molecular formula is C17H19N3O. The second-order valence-corrected chi connectivity index (χ2v) is 6.19. The molecule has 4 rings (SSSR count). The van der Waals surface area contributed by atoms with E-state index in [4.69, 9.17) is 0 Å². The number of carbonyl (C=O) groups is 1. The van der Waals surface area contributed by atoms with Gasteiger partial charge in [0.2, 0.25) is 0 Å². The van der Waals surface area contributed by atoms with Crippen molar-refractivity contribution in [2.75, 3.05) is 6.54 Å². The van der Waals surface area contributed by atoms with Crippen LogP contribution in [-0.2, 0) is 7.05 Å². The van der Waals surface area contributed by atoms with E-state index in [2.05, 4.69) is 10.00 Å². The maximum Gasteiger partial charge on any atom is 0.272 e. The molecule has 2 aliphatic rings. The standard InChI is InChI=1S/C17H19N3O/c1-19-15(12-14(18-19)13-6-3-2-4-7-13)16(21)20-11-10-17(20)8-5-9-17/h2-4,6-7,12H,5,8-11H2,1H3.